The lowest BCUT2D eigenvalue weighted by Gasteiger charge is -2.32. The maximum absolute atomic E-state index is 14.1. The number of nitrogens with one attached hydrogen (secondary N) is 1. The molecule has 230 valence electrons. The first kappa shape index (κ1) is 32.8. The molecule has 0 radical (unpaired) electrons. The highest BCUT2D eigenvalue weighted by atomic mass is 79.9. The quantitative estimate of drug-likeness (QED) is 0.170. The number of hydrogen-bond acceptors (Lipinski definition) is 5. The van der Waals surface area contributed by atoms with Gasteiger partial charge in [-0.25, -0.2) is 8.42 Å². The lowest BCUT2D eigenvalue weighted by Crippen LogP contribution is -2.51. The molecule has 0 saturated carbocycles. The molecule has 1 N–H and O–H groups in total. The van der Waals surface area contributed by atoms with Crippen LogP contribution in [-0.2, 0) is 26.2 Å². The first-order chi connectivity index (χ1) is 21.1. The van der Waals surface area contributed by atoms with Crippen LogP contribution in [0.5, 0.6) is 11.5 Å². The van der Waals surface area contributed by atoms with Gasteiger partial charge in [-0.3, -0.25) is 13.9 Å². The second-order valence-electron chi connectivity index (χ2n) is 10.4. The van der Waals surface area contributed by atoms with Crippen molar-refractivity contribution < 1.29 is 22.7 Å². The predicted molar refractivity (Wildman–Crippen MR) is 176 cm³/mol. The molecule has 0 aliphatic rings. The van der Waals surface area contributed by atoms with Crippen molar-refractivity contribution in [2.24, 2.45) is 0 Å². The van der Waals surface area contributed by atoms with Gasteiger partial charge in [0.25, 0.3) is 10.0 Å². The summed E-state index contributed by atoms with van der Waals surface area (Å²) in [6, 6.07) is 28.8. The number of nitrogens with zero attached hydrogens (tertiary/aromatic N) is 2. The number of amides is 2. The van der Waals surface area contributed by atoms with Crippen molar-refractivity contribution >= 4 is 43.5 Å². The molecule has 0 spiro atoms. The molecule has 4 aromatic carbocycles. The van der Waals surface area contributed by atoms with Gasteiger partial charge in [-0.1, -0.05) is 70.9 Å². The Morgan fingerprint density at radius 3 is 2.18 bits per heavy atom. The Morgan fingerprint density at radius 2 is 1.55 bits per heavy atom. The Morgan fingerprint density at radius 1 is 0.886 bits per heavy atom. The van der Waals surface area contributed by atoms with E-state index in [9.17, 15) is 18.0 Å². The first-order valence-corrected chi connectivity index (χ1v) is 16.6. The fourth-order valence-electron chi connectivity index (χ4n) is 4.48. The molecular weight excluding hydrogens is 642 g/mol. The monoisotopic (exact) mass is 677 g/mol. The lowest BCUT2D eigenvalue weighted by molar-refractivity contribution is -0.139. The number of halogens is 1. The van der Waals surface area contributed by atoms with Gasteiger partial charge in [-0.05, 0) is 86.5 Å². The van der Waals surface area contributed by atoms with Gasteiger partial charge in [0.2, 0.25) is 11.8 Å². The number of carbonyl (C=O) groups is 2. The molecule has 0 saturated heterocycles. The van der Waals surface area contributed by atoms with Crippen LogP contribution in [0.4, 0.5) is 5.69 Å². The van der Waals surface area contributed by atoms with E-state index in [4.69, 9.17) is 4.74 Å². The summed E-state index contributed by atoms with van der Waals surface area (Å²) in [5, 5.41) is 2.85. The predicted octanol–water partition coefficient (Wildman–Crippen LogP) is 6.69. The van der Waals surface area contributed by atoms with Crippen molar-refractivity contribution in [1.29, 1.82) is 0 Å². The van der Waals surface area contributed by atoms with Crippen LogP contribution >= 0.6 is 15.9 Å². The summed E-state index contributed by atoms with van der Waals surface area (Å²) in [5.74, 6) is 0.310. The summed E-state index contributed by atoms with van der Waals surface area (Å²) in [4.78, 5) is 28.6. The molecule has 0 unspecified atom stereocenters. The molecular formula is C34H36BrN3O5S. The number of benzene rings is 4. The number of aryl methyl sites for hydroxylation is 1. The summed E-state index contributed by atoms with van der Waals surface area (Å²) in [6.07, 6.45) is 0.741. The number of carbonyl (C=O) groups excluding carboxylic acids is 2. The largest absolute Gasteiger partial charge is 0.457 e. The zero-order valence-corrected chi connectivity index (χ0v) is 27.3. The van der Waals surface area contributed by atoms with Gasteiger partial charge < -0.3 is 15.0 Å². The second-order valence-corrected chi connectivity index (χ2v) is 13.1. The molecule has 4 rings (SSSR count). The van der Waals surface area contributed by atoms with Gasteiger partial charge in [0, 0.05) is 17.6 Å². The zero-order chi connectivity index (χ0) is 31.7. The highest BCUT2D eigenvalue weighted by molar-refractivity contribution is 9.10. The van der Waals surface area contributed by atoms with E-state index in [2.05, 4.69) is 21.2 Å². The molecule has 0 aliphatic carbocycles. The van der Waals surface area contributed by atoms with Crippen LogP contribution in [0.25, 0.3) is 0 Å². The normalized spacial score (nSPS) is 11.8. The van der Waals surface area contributed by atoms with Gasteiger partial charge >= 0.3 is 0 Å². The van der Waals surface area contributed by atoms with E-state index >= 15 is 0 Å². The zero-order valence-electron chi connectivity index (χ0n) is 24.9. The number of anilines is 1. The summed E-state index contributed by atoms with van der Waals surface area (Å²) in [7, 11) is -4.17. The average Bonchev–Trinajstić information content (AvgIpc) is 3.02. The molecule has 4 aromatic rings. The fraction of sp³-hybridized carbons (Fsp3) is 0.235. The van der Waals surface area contributed by atoms with Gasteiger partial charge in [0.05, 0.1) is 10.6 Å². The van der Waals surface area contributed by atoms with Crippen LogP contribution in [0.1, 0.15) is 31.4 Å². The SMILES string of the molecule is CCCNC(=O)[C@H](C)N(Cc1cccc(Br)c1)C(=O)CN(c1ccc(Oc2ccccc2)cc1)S(=O)(=O)c1ccc(C)cc1. The molecule has 2 amide bonds. The van der Waals surface area contributed by atoms with Crippen molar-refractivity contribution in [3.63, 3.8) is 0 Å². The first-order valence-electron chi connectivity index (χ1n) is 14.3. The van der Waals surface area contributed by atoms with E-state index in [1.165, 1.54) is 17.0 Å². The van der Waals surface area contributed by atoms with Gasteiger partial charge in [0.15, 0.2) is 0 Å². The maximum atomic E-state index is 14.1. The molecule has 10 heteroatoms. The Labute approximate surface area is 267 Å². The van der Waals surface area contributed by atoms with E-state index in [1.807, 2.05) is 68.4 Å². The average molecular weight is 679 g/mol. The smallest absolute Gasteiger partial charge is 0.264 e. The van der Waals surface area contributed by atoms with Gasteiger partial charge in [-0.15, -0.1) is 0 Å². The third-order valence-electron chi connectivity index (χ3n) is 6.95. The number of rotatable bonds is 13. The van der Waals surface area contributed by atoms with E-state index in [0.29, 0.717) is 18.0 Å². The van der Waals surface area contributed by atoms with E-state index in [-0.39, 0.29) is 23.0 Å². The van der Waals surface area contributed by atoms with Crippen LogP contribution < -0.4 is 14.4 Å². The van der Waals surface area contributed by atoms with Crippen molar-refractivity contribution in [3.8, 4) is 11.5 Å². The Balaban J connectivity index is 1.70. The van der Waals surface area contributed by atoms with E-state index in [1.54, 1.807) is 43.3 Å². The summed E-state index contributed by atoms with van der Waals surface area (Å²) in [6.45, 7) is 5.52. The van der Waals surface area contributed by atoms with Crippen LogP contribution in [0.15, 0.2) is 112 Å². The van der Waals surface area contributed by atoms with Crippen LogP contribution in [-0.4, -0.2) is 44.3 Å². The van der Waals surface area contributed by atoms with Gasteiger partial charge in [0.1, 0.15) is 24.1 Å². The molecule has 0 bridgehead atoms. The standard InChI is InChI=1S/C34H36BrN3O5S/c1-4-21-36-34(40)26(3)37(23-27-9-8-10-28(35)22-27)33(39)24-38(44(41,42)32-19-13-25(2)14-20-32)29-15-17-31(18-16-29)43-30-11-6-5-7-12-30/h5-20,22,26H,4,21,23-24H2,1-3H3,(H,36,40)/t26-/m0/s1. The molecule has 8 nitrogen and oxygen atoms in total. The minimum absolute atomic E-state index is 0.0489. The third-order valence-corrected chi connectivity index (χ3v) is 9.23. The number of hydrogen-bond donors (Lipinski definition) is 1. The Bertz CT molecular complexity index is 1660. The van der Waals surface area contributed by atoms with E-state index < -0.39 is 28.5 Å². The molecule has 44 heavy (non-hydrogen) atoms. The molecule has 0 fully saturated rings. The summed E-state index contributed by atoms with van der Waals surface area (Å²) >= 11 is 3.46. The molecule has 0 aromatic heterocycles. The summed E-state index contributed by atoms with van der Waals surface area (Å²) in [5.41, 5.74) is 1.98. The maximum Gasteiger partial charge on any atom is 0.264 e. The van der Waals surface area contributed by atoms with Crippen molar-refractivity contribution in [3.05, 3.63) is 119 Å². The molecule has 0 aliphatic heterocycles. The van der Waals surface area contributed by atoms with Crippen molar-refractivity contribution in [2.75, 3.05) is 17.4 Å². The Kier molecular flexibility index (Phi) is 11.2. The van der Waals surface area contributed by atoms with Crippen molar-refractivity contribution in [2.45, 2.75) is 44.7 Å². The Hall–Kier alpha value is -4.15. The van der Waals surface area contributed by atoms with Crippen LogP contribution in [0.3, 0.4) is 0 Å². The minimum Gasteiger partial charge on any atom is -0.457 e. The molecule has 0 heterocycles. The fourth-order valence-corrected chi connectivity index (χ4v) is 6.34. The van der Waals surface area contributed by atoms with E-state index in [0.717, 1.165) is 26.3 Å². The van der Waals surface area contributed by atoms with Crippen LogP contribution in [0, 0.1) is 6.92 Å². The number of sulfonamides is 1. The highest BCUT2D eigenvalue weighted by Crippen LogP contribution is 2.29. The topological polar surface area (TPSA) is 96.0 Å². The second kappa shape index (κ2) is 15.0. The number of para-hydroxylation sites is 1. The summed E-state index contributed by atoms with van der Waals surface area (Å²) < 4.78 is 35.9. The van der Waals surface area contributed by atoms with Gasteiger partial charge in [-0.2, -0.15) is 0 Å². The lowest BCUT2D eigenvalue weighted by atomic mass is 10.1. The third kappa shape index (κ3) is 8.48. The van der Waals surface area contributed by atoms with Crippen molar-refractivity contribution in [1.82, 2.24) is 10.2 Å². The minimum atomic E-state index is -4.17. The van der Waals surface area contributed by atoms with Crippen LogP contribution in [0.2, 0.25) is 0 Å². The number of ether oxygens (including phenoxy) is 1. The molecule has 1 atom stereocenters. The highest BCUT2D eigenvalue weighted by Gasteiger charge is 2.32.